The molecule has 4 rings (SSSR count). The molecule has 1 aromatic heterocycles. The van der Waals surface area contributed by atoms with Gasteiger partial charge in [-0.2, -0.15) is 5.10 Å². The lowest BCUT2D eigenvalue weighted by atomic mass is 10.1. The number of benzene rings is 1. The van der Waals surface area contributed by atoms with Crippen molar-refractivity contribution in [1.29, 1.82) is 0 Å². The zero-order valence-electron chi connectivity index (χ0n) is 17.4. The van der Waals surface area contributed by atoms with Crippen LogP contribution in [-0.2, 0) is 20.9 Å². The molecule has 2 N–H and O–H groups in total. The summed E-state index contributed by atoms with van der Waals surface area (Å²) in [6, 6.07) is 5.97. The molecule has 8 nitrogen and oxygen atoms in total. The molecule has 1 saturated heterocycles. The van der Waals surface area contributed by atoms with Crippen molar-refractivity contribution in [3.63, 3.8) is 0 Å². The quantitative estimate of drug-likeness (QED) is 0.654. The highest BCUT2D eigenvalue weighted by molar-refractivity contribution is 9.10. The molecule has 1 saturated carbocycles. The summed E-state index contributed by atoms with van der Waals surface area (Å²) in [6.45, 7) is 2.42. The number of hydrogen-bond acceptors (Lipinski definition) is 4. The zero-order chi connectivity index (χ0) is 22.0. The summed E-state index contributed by atoms with van der Waals surface area (Å²) in [5, 5.41) is 10.0. The van der Waals surface area contributed by atoms with Crippen molar-refractivity contribution in [1.82, 2.24) is 15.1 Å². The molecule has 1 aliphatic heterocycles. The maximum atomic E-state index is 12.7. The average molecular weight is 488 g/mol. The van der Waals surface area contributed by atoms with Crippen LogP contribution >= 0.6 is 15.9 Å². The molecule has 1 aromatic carbocycles. The fourth-order valence-electron chi connectivity index (χ4n) is 4.18. The van der Waals surface area contributed by atoms with Crippen LogP contribution in [0.2, 0.25) is 0 Å². The van der Waals surface area contributed by atoms with Crippen LogP contribution < -0.4 is 15.5 Å². The van der Waals surface area contributed by atoms with Gasteiger partial charge in [-0.15, -0.1) is 0 Å². The third-order valence-electron chi connectivity index (χ3n) is 5.88. The van der Waals surface area contributed by atoms with Crippen LogP contribution in [0.25, 0.3) is 0 Å². The van der Waals surface area contributed by atoms with Gasteiger partial charge in [-0.3, -0.25) is 19.1 Å². The minimum absolute atomic E-state index is 0.0684. The maximum absolute atomic E-state index is 12.7. The Morgan fingerprint density at radius 2 is 2.03 bits per heavy atom. The summed E-state index contributed by atoms with van der Waals surface area (Å²) in [5.74, 6) is -0.805. The Bertz CT molecular complexity index is 999. The number of hydrogen-bond donors (Lipinski definition) is 2. The second kappa shape index (κ2) is 9.21. The number of aryl methyl sites for hydroxylation is 1. The normalized spacial score (nSPS) is 19.1. The predicted octanol–water partition coefficient (Wildman–Crippen LogP) is 3.00. The van der Waals surface area contributed by atoms with Crippen molar-refractivity contribution < 1.29 is 14.4 Å². The summed E-state index contributed by atoms with van der Waals surface area (Å²) in [7, 11) is 0. The van der Waals surface area contributed by atoms with E-state index in [1.165, 1.54) is 10.9 Å². The lowest BCUT2D eigenvalue weighted by molar-refractivity contribution is -0.122. The van der Waals surface area contributed by atoms with E-state index in [4.69, 9.17) is 0 Å². The van der Waals surface area contributed by atoms with E-state index in [9.17, 15) is 14.4 Å². The van der Waals surface area contributed by atoms with E-state index in [1.54, 1.807) is 11.1 Å². The number of nitrogens with zero attached hydrogens (tertiary/aromatic N) is 3. The van der Waals surface area contributed by atoms with Crippen molar-refractivity contribution in [2.24, 2.45) is 5.92 Å². The number of carbonyl (C=O) groups is 3. The summed E-state index contributed by atoms with van der Waals surface area (Å²) >= 11 is 3.46. The first-order valence-corrected chi connectivity index (χ1v) is 11.4. The molecular formula is C22H26BrN5O3. The fourth-order valence-corrected chi connectivity index (χ4v) is 4.43. The Balaban J connectivity index is 1.32. The molecule has 1 atom stereocenters. The Morgan fingerprint density at radius 3 is 2.77 bits per heavy atom. The molecule has 2 heterocycles. The minimum Gasteiger partial charge on any atom is -0.352 e. The summed E-state index contributed by atoms with van der Waals surface area (Å²) < 4.78 is 2.49. The number of rotatable bonds is 6. The molecule has 164 valence electrons. The molecule has 2 aliphatic rings. The molecular weight excluding hydrogens is 462 g/mol. The molecule has 2 aromatic rings. The summed E-state index contributed by atoms with van der Waals surface area (Å²) in [6.07, 6.45) is 7.70. The smallest absolute Gasteiger partial charge is 0.241 e. The Morgan fingerprint density at radius 1 is 1.26 bits per heavy atom. The first-order valence-electron chi connectivity index (χ1n) is 10.6. The summed E-state index contributed by atoms with van der Waals surface area (Å²) in [5.41, 5.74) is 2.34. The van der Waals surface area contributed by atoms with E-state index in [0.717, 1.165) is 41.4 Å². The van der Waals surface area contributed by atoms with E-state index in [1.807, 2.05) is 25.1 Å². The van der Waals surface area contributed by atoms with Crippen molar-refractivity contribution in [2.45, 2.75) is 51.6 Å². The van der Waals surface area contributed by atoms with E-state index >= 15 is 0 Å². The average Bonchev–Trinajstić information content (AvgIpc) is 3.46. The van der Waals surface area contributed by atoms with Gasteiger partial charge in [-0.25, -0.2) is 0 Å². The van der Waals surface area contributed by atoms with Gasteiger partial charge in [0.15, 0.2) is 0 Å². The summed E-state index contributed by atoms with van der Waals surface area (Å²) in [4.78, 5) is 39.0. The van der Waals surface area contributed by atoms with Gasteiger partial charge in [0.05, 0.1) is 17.8 Å². The number of aromatic nitrogens is 2. The number of halogens is 1. The molecule has 31 heavy (non-hydrogen) atoms. The third-order valence-corrected chi connectivity index (χ3v) is 6.77. The molecule has 0 spiro atoms. The number of amides is 3. The van der Waals surface area contributed by atoms with Gasteiger partial charge < -0.3 is 15.5 Å². The fraction of sp³-hybridized carbons (Fsp3) is 0.455. The first kappa shape index (κ1) is 21.5. The maximum Gasteiger partial charge on any atom is 0.241 e. The highest BCUT2D eigenvalue weighted by Gasteiger charge is 2.35. The molecule has 3 amide bonds. The molecule has 1 aliphatic carbocycles. The second-order valence-electron chi connectivity index (χ2n) is 8.30. The minimum atomic E-state index is -0.439. The zero-order valence-corrected chi connectivity index (χ0v) is 19.0. The Kier molecular flexibility index (Phi) is 6.41. The van der Waals surface area contributed by atoms with Crippen LogP contribution in [0.15, 0.2) is 35.1 Å². The van der Waals surface area contributed by atoms with Gasteiger partial charge in [0.1, 0.15) is 6.54 Å². The molecule has 1 unspecified atom stereocenters. The largest absolute Gasteiger partial charge is 0.352 e. The number of carbonyl (C=O) groups excluding carboxylic acids is 3. The van der Waals surface area contributed by atoms with Crippen LogP contribution in [0.3, 0.4) is 0 Å². The van der Waals surface area contributed by atoms with Gasteiger partial charge in [-0.05, 0) is 43.5 Å². The Hall–Kier alpha value is -2.68. The highest BCUT2D eigenvalue weighted by Crippen LogP contribution is 2.29. The predicted molar refractivity (Wildman–Crippen MR) is 121 cm³/mol. The van der Waals surface area contributed by atoms with Crippen molar-refractivity contribution >= 4 is 45.0 Å². The van der Waals surface area contributed by atoms with Gasteiger partial charge in [0.25, 0.3) is 0 Å². The van der Waals surface area contributed by atoms with Crippen molar-refractivity contribution in [3.05, 3.63) is 40.6 Å². The van der Waals surface area contributed by atoms with Gasteiger partial charge in [0.2, 0.25) is 17.7 Å². The van der Waals surface area contributed by atoms with Gasteiger partial charge in [0, 0.05) is 35.4 Å². The van der Waals surface area contributed by atoms with Crippen LogP contribution in [0.1, 0.15) is 37.7 Å². The SMILES string of the molecule is Cc1cc(N2CC(C(=O)Nc3cnn(CC(=O)NC4CCCC4)c3)CC2=O)ccc1Br. The van der Waals surface area contributed by atoms with Crippen LogP contribution in [0.4, 0.5) is 11.4 Å². The van der Waals surface area contributed by atoms with Crippen LogP contribution in [-0.4, -0.2) is 40.1 Å². The first-order chi connectivity index (χ1) is 14.9. The van der Waals surface area contributed by atoms with E-state index in [-0.39, 0.29) is 36.7 Å². The van der Waals surface area contributed by atoms with Crippen molar-refractivity contribution in [3.8, 4) is 0 Å². The highest BCUT2D eigenvalue weighted by atomic mass is 79.9. The van der Waals surface area contributed by atoms with Gasteiger partial charge >= 0.3 is 0 Å². The monoisotopic (exact) mass is 487 g/mol. The lowest BCUT2D eigenvalue weighted by Crippen LogP contribution is -2.35. The van der Waals surface area contributed by atoms with E-state index in [2.05, 4.69) is 31.7 Å². The van der Waals surface area contributed by atoms with Crippen LogP contribution in [0.5, 0.6) is 0 Å². The topological polar surface area (TPSA) is 96.3 Å². The molecule has 0 radical (unpaired) electrons. The Labute approximate surface area is 189 Å². The van der Waals surface area contributed by atoms with Crippen molar-refractivity contribution in [2.75, 3.05) is 16.8 Å². The van der Waals surface area contributed by atoms with Crippen LogP contribution in [0, 0.1) is 12.8 Å². The lowest BCUT2D eigenvalue weighted by Gasteiger charge is -2.17. The molecule has 9 heteroatoms. The number of nitrogens with one attached hydrogen (secondary N) is 2. The molecule has 0 bridgehead atoms. The second-order valence-corrected chi connectivity index (χ2v) is 9.16. The van der Waals surface area contributed by atoms with E-state index < -0.39 is 5.92 Å². The molecule has 2 fully saturated rings. The third kappa shape index (κ3) is 5.15. The van der Waals surface area contributed by atoms with E-state index in [0.29, 0.717) is 12.2 Å². The number of anilines is 2. The standard InChI is InChI=1S/C22H26BrN5O3/c1-14-8-18(6-7-19(14)23)28-11-15(9-21(28)30)22(31)26-17-10-24-27(12-17)13-20(29)25-16-4-2-3-5-16/h6-8,10,12,15-16H,2-5,9,11,13H2,1H3,(H,25,29)(H,26,31). The van der Waals surface area contributed by atoms with Gasteiger partial charge in [-0.1, -0.05) is 28.8 Å².